The van der Waals surface area contributed by atoms with Crippen LogP contribution in [0.5, 0.6) is 0 Å². The molecule has 1 aromatic carbocycles. The van der Waals surface area contributed by atoms with Gasteiger partial charge >= 0.3 is 12.0 Å². The molecule has 0 unspecified atom stereocenters. The minimum absolute atomic E-state index is 0.0143. The molecule has 0 aliphatic carbocycles. The summed E-state index contributed by atoms with van der Waals surface area (Å²) in [6, 6.07) is 0.659. The van der Waals surface area contributed by atoms with Crippen molar-refractivity contribution in [1.29, 1.82) is 0 Å². The molecule has 8 heteroatoms. The molecule has 17 heavy (non-hydrogen) atoms. The zero-order valence-corrected chi connectivity index (χ0v) is 9.85. The molecule has 1 aromatic rings. The Morgan fingerprint density at radius 1 is 1.35 bits per heavy atom. The summed E-state index contributed by atoms with van der Waals surface area (Å²) < 4.78 is 26.0. The smallest absolute Gasteiger partial charge is 0.323 e. The highest BCUT2D eigenvalue weighted by Crippen LogP contribution is 2.26. The quantitative estimate of drug-likeness (QED) is 0.798. The molecule has 0 saturated carbocycles. The second-order valence-corrected chi connectivity index (χ2v) is 3.80. The summed E-state index contributed by atoms with van der Waals surface area (Å²) in [6.07, 6.45) is 0. The van der Waals surface area contributed by atoms with Crippen molar-refractivity contribution in [3.05, 3.63) is 28.2 Å². The van der Waals surface area contributed by atoms with E-state index >= 15 is 0 Å². The number of carbonyl (C=O) groups is 2. The Morgan fingerprint density at radius 2 is 2.00 bits per heavy atom. The Balaban J connectivity index is 2.75. The number of anilines is 1. The van der Waals surface area contributed by atoms with Crippen molar-refractivity contribution in [3.63, 3.8) is 0 Å². The lowest BCUT2D eigenvalue weighted by Gasteiger charge is -2.09. The molecule has 0 aliphatic heterocycles. The van der Waals surface area contributed by atoms with E-state index in [1.54, 1.807) is 0 Å². The standard InChI is InChI=1S/C9H7BrF2N2O3/c10-5-1-4(11)2-6(12)8(5)14-9(17)13-3-7(15)16/h1-2H,3H2,(H,15,16)(H2,13,14,17). The number of hydrogen-bond acceptors (Lipinski definition) is 2. The third-order valence-electron chi connectivity index (χ3n) is 1.65. The van der Waals surface area contributed by atoms with E-state index in [9.17, 15) is 18.4 Å². The van der Waals surface area contributed by atoms with E-state index in [1.165, 1.54) is 0 Å². The molecule has 92 valence electrons. The monoisotopic (exact) mass is 308 g/mol. The third-order valence-corrected chi connectivity index (χ3v) is 2.27. The number of carboxylic acid groups (broad SMARTS) is 1. The molecular weight excluding hydrogens is 302 g/mol. The van der Waals surface area contributed by atoms with Gasteiger partial charge in [-0.3, -0.25) is 4.79 Å². The minimum atomic E-state index is -1.24. The summed E-state index contributed by atoms with van der Waals surface area (Å²) in [5, 5.41) is 12.3. The van der Waals surface area contributed by atoms with Gasteiger partial charge in [0.05, 0.1) is 5.69 Å². The average Bonchev–Trinajstić information content (AvgIpc) is 2.20. The molecule has 2 amide bonds. The Hall–Kier alpha value is -1.70. The summed E-state index contributed by atoms with van der Waals surface area (Å²) in [4.78, 5) is 21.3. The zero-order valence-electron chi connectivity index (χ0n) is 8.26. The van der Waals surface area contributed by atoms with Crippen LogP contribution in [0.4, 0.5) is 19.3 Å². The molecule has 0 radical (unpaired) electrons. The maximum atomic E-state index is 13.2. The number of hydrogen-bond donors (Lipinski definition) is 3. The maximum Gasteiger partial charge on any atom is 0.323 e. The summed E-state index contributed by atoms with van der Waals surface area (Å²) in [5.41, 5.74) is -0.269. The normalized spacial score (nSPS) is 9.82. The fourth-order valence-corrected chi connectivity index (χ4v) is 1.48. The van der Waals surface area contributed by atoms with Gasteiger partial charge in [0.1, 0.15) is 12.4 Å². The van der Waals surface area contributed by atoms with Gasteiger partial charge in [0.2, 0.25) is 0 Å². The molecule has 1 rings (SSSR count). The highest BCUT2D eigenvalue weighted by molar-refractivity contribution is 9.10. The van der Waals surface area contributed by atoms with Crippen LogP contribution in [0.25, 0.3) is 0 Å². The maximum absolute atomic E-state index is 13.2. The van der Waals surface area contributed by atoms with Gasteiger partial charge in [-0.1, -0.05) is 0 Å². The first kappa shape index (κ1) is 13.4. The molecule has 0 saturated heterocycles. The lowest BCUT2D eigenvalue weighted by molar-refractivity contribution is -0.135. The second-order valence-electron chi connectivity index (χ2n) is 2.95. The van der Waals surface area contributed by atoms with Crippen LogP contribution in [-0.4, -0.2) is 23.7 Å². The van der Waals surface area contributed by atoms with Crippen LogP contribution < -0.4 is 10.6 Å². The topological polar surface area (TPSA) is 78.4 Å². The van der Waals surface area contributed by atoms with Crippen molar-refractivity contribution in [2.24, 2.45) is 0 Å². The molecule has 0 aromatic heterocycles. The summed E-state index contributed by atoms with van der Waals surface area (Å²) in [5.74, 6) is -3.01. The predicted molar refractivity (Wildman–Crippen MR) is 58.7 cm³/mol. The van der Waals surface area contributed by atoms with Crippen molar-refractivity contribution in [2.45, 2.75) is 0 Å². The van der Waals surface area contributed by atoms with E-state index in [2.05, 4.69) is 21.2 Å². The van der Waals surface area contributed by atoms with Crippen LogP contribution in [0.15, 0.2) is 16.6 Å². The average molecular weight is 309 g/mol. The Bertz CT molecular complexity index is 445. The fraction of sp³-hybridized carbons (Fsp3) is 0.111. The first-order valence-corrected chi connectivity index (χ1v) is 5.10. The summed E-state index contributed by atoms with van der Waals surface area (Å²) in [6.45, 7) is -0.605. The molecule has 0 fully saturated rings. The Kier molecular flexibility index (Phi) is 4.38. The van der Waals surface area contributed by atoms with E-state index in [0.717, 1.165) is 6.07 Å². The zero-order chi connectivity index (χ0) is 13.0. The highest BCUT2D eigenvalue weighted by Gasteiger charge is 2.12. The van der Waals surface area contributed by atoms with Gasteiger partial charge < -0.3 is 15.7 Å². The molecule has 0 heterocycles. The van der Waals surface area contributed by atoms with Crippen molar-refractivity contribution in [2.75, 3.05) is 11.9 Å². The predicted octanol–water partition coefficient (Wildman–Crippen LogP) is 1.93. The molecular formula is C9H7BrF2N2O3. The molecule has 5 nitrogen and oxygen atoms in total. The highest BCUT2D eigenvalue weighted by atomic mass is 79.9. The van der Waals surface area contributed by atoms with E-state index in [0.29, 0.717) is 6.07 Å². The Morgan fingerprint density at radius 3 is 2.53 bits per heavy atom. The third kappa shape index (κ3) is 3.99. The van der Waals surface area contributed by atoms with Crippen LogP contribution in [0, 0.1) is 11.6 Å². The van der Waals surface area contributed by atoms with Gasteiger partial charge in [-0.25, -0.2) is 13.6 Å². The molecule has 0 bridgehead atoms. The first-order valence-electron chi connectivity index (χ1n) is 4.31. The second kappa shape index (κ2) is 5.58. The van der Waals surface area contributed by atoms with E-state index < -0.39 is 30.2 Å². The van der Waals surface area contributed by atoms with Crippen LogP contribution in [0.2, 0.25) is 0 Å². The SMILES string of the molecule is O=C(O)CNC(=O)Nc1c(F)cc(F)cc1Br. The van der Waals surface area contributed by atoms with Crippen molar-refractivity contribution in [1.82, 2.24) is 5.32 Å². The lowest BCUT2D eigenvalue weighted by Crippen LogP contribution is -2.33. The molecule has 0 aliphatic rings. The number of carboxylic acids is 1. The van der Waals surface area contributed by atoms with Gasteiger partial charge in [0.15, 0.2) is 5.82 Å². The number of aliphatic carboxylic acids is 1. The van der Waals surface area contributed by atoms with E-state index in [4.69, 9.17) is 5.11 Å². The number of carbonyl (C=O) groups excluding carboxylic acids is 1. The lowest BCUT2D eigenvalue weighted by atomic mass is 10.3. The largest absolute Gasteiger partial charge is 0.480 e. The minimum Gasteiger partial charge on any atom is -0.480 e. The number of halogens is 3. The number of nitrogens with one attached hydrogen (secondary N) is 2. The van der Waals surface area contributed by atoms with Crippen LogP contribution in [0.3, 0.4) is 0 Å². The molecule has 3 N–H and O–H groups in total. The van der Waals surface area contributed by atoms with Crippen LogP contribution in [-0.2, 0) is 4.79 Å². The number of urea groups is 1. The summed E-state index contributed by atoms with van der Waals surface area (Å²) in [7, 11) is 0. The van der Waals surface area contributed by atoms with Gasteiger partial charge in [-0.2, -0.15) is 0 Å². The number of rotatable bonds is 3. The fourth-order valence-electron chi connectivity index (χ4n) is 0.975. The van der Waals surface area contributed by atoms with Crippen molar-refractivity contribution >= 4 is 33.6 Å². The van der Waals surface area contributed by atoms with Gasteiger partial charge in [-0.05, 0) is 22.0 Å². The van der Waals surface area contributed by atoms with Crippen molar-refractivity contribution < 1.29 is 23.5 Å². The van der Waals surface area contributed by atoms with Gasteiger partial charge in [0, 0.05) is 10.5 Å². The number of amides is 2. The molecule has 0 atom stereocenters. The summed E-state index contributed by atoms with van der Waals surface area (Å²) >= 11 is 2.87. The van der Waals surface area contributed by atoms with Crippen molar-refractivity contribution in [3.8, 4) is 0 Å². The Labute approximate surface area is 103 Å². The van der Waals surface area contributed by atoms with Gasteiger partial charge in [-0.15, -0.1) is 0 Å². The van der Waals surface area contributed by atoms with Crippen LogP contribution >= 0.6 is 15.9 Å². The van der Waals surface area contributed by atoms with E-state index in [1.807, 2.05) is 5.32 Å². The molecule has 0 spiro atoms. The van der Waals surface area contributed by atoms with Gasteiger partial charge in [0.25, 0.3) is 0 Å². The number of benzene rings is 1. The van der Waals surface area contributed by atoms with Crippen LogP contribution in [0.1, 0.15) is 0 Å². The van der Waals surface area contributed by atoms with E-state index in [-0.39, 0.29) is 10.2 Å². The first-order chi connectivity index (χ1) is 7.90.